The molecule has 0 aromatic carbocycles. The van der Waals surface area contributed by atoms with E-state index in [2.05, 4.69) is 106 Å². The third-order valence-corrected chi connectivity index (χ3v) is 18.0. The number of hydrogen-bond donors (Lipinski definition) is 4. The summed E-state index contributed by atoms with van der Waals surface area (Å²) >= 11 is 0. The van der Waals surface area contributed by atoms with Crippen molar-refractivity contribution in [2.45, 2.75) is 347 Å². The first-order valence-corrected chi connectivity index (χ1v) is 40.9. The molecule has 0 aromatic rings. The predicted molar refractivity (Wildman–Crippen MR) is 390 cm³/mol. The lowest BCUT2D eigenvalue weighted by Crippen LogP contribution is -2.30. The number of esters is 3. The van der Waals surface area contributed by atoms with Gasteiger partial charge in [0.15, 0.2) is 6.10 Å². The number of aliphatic hydroxyl groups excluding tert-OH is 2. The van der Waals surface area contributed by atoms with Gasteiger partial charge in [0.05, 0.1) is 26.4 Å². The summed E-state index contributed by atoms with van der Waals surface area (Å²) in [6.45, 7) is 2.50. The van der Waals surface area contributed by atoms with Crippen molar-refractivity contribution < 1.29 is 75.8 Å². The van der Waals surface area contributed by atoms with E-state index in [9.17, 15) is 43.5 Å². The number of ether oxygens (including phenoxy) is 3. The molecule has 0 rings (SSSR count). The zero-order valence-corrected chi connectivity index (χ0v) is 61.9. The van der Waals surface area contributed by atoms with Gasteiger partial charge in [-0.05, 0) is 89.9 Å². The Bertz CT molecular complexity index is 2070. The van der Waals surface area contributed by atoms with E-state index >= 15 is 0 Å². The van der Waals surface area contributed by atoms with E-state index in [1.165, 1.54) is 141 Å². The van der Waals surface area contributed by atoms with Crippen LogP contribution in [0.3, 0.4) is 0 Å². The SMILES string of the molecule is CC/C=C\C/C=C\C/C=C\C/C=C\C/C=C\CCCCCCCCCCCCCCCCCCCCCC(=O)OCC(O)COP(=O)(O)OCC(O)COP(=O)(O)OCC(COC(=O)CCCCCCC/C=C\C/C=C\CCC)OC(=O)CCCCCCCCCCCCC. The number of unbranched alkanes of at least 4 members (excludes halogenated alkanes) is 35. The molecule has 0 bridgehead atoms. The molecule has 0 fully saturated rings. The molecule has 0 aromatic heterocycles. The average Bonchev–Trinajstić information content (AvgIpc) is 3.02. The van der Waals surface area contributed by atoms with Gasteiger partial charge in [-0.3, -0.25) is 32.5 Å². The molecule has 4 N–H and O–H groups in total. The summed E-state index contributed by atoms with van der Waals surface area (Å²) in [7, 11) is -9.76. The summed E-state index contributed by atoms with van der Waals surface area (Å²) in [4.78, 5) is 58.3. The fraction of sp³-hybridized carbons (Fsp3) is 0.779. The highest BCUT2D eigenvalue weighted by atomic mass is 31.2. The van der Waals surface area contributed by atoms with Gasteiger partial charge >= 0.3 is 33.6 Å². The van der Waals surface area contributed by atoms with Crippen molar-refractivity contribution in [3.05, 3.63) is 85.1 Å². The molecule has 16 nitrogen and oxygen atoms in total. The summed E-state index contributed by atoms with van der Waals surface area (Å²) in [6, 6.07) is 0. The molecule has 0 aliphatic carbocycles. The zero-order valence-electron chi connectivity index (χ0n) is 60.1. The van der Waals surface area contributed by atoms with E-state index in [-0.39, 0.29) is 19.3 Å². The Labute approximate surface area is 578 Å². The minimum atomic E-state index is -4.92. The molecule has 5 unspecified atom stereocenters. The van der Waals surface area contributed by atoms with Gasteiger partial charge in [-0.25, -0.2) is 9.13 Å². The number of hydrogen-bond acceptors (Lipinski definition) is 14. The quantitative estimate of drug-likeness (QED) is 0.0146. The van der Waals surface area contributed by atoms with Crippen LogP contribution in [0.2, 0.25) is 0 Å². The molecule has 5 atom stereocenters. The second-order valence-electron chi connectivity index (χ2n) is 25.4. The summed E-state index contributed by atoms with van der Waals surface area (Å²) in [5.74, 6) is -1.58. The lowest BCUT2D eigenvalue weighted by molar-refractivity contribution is -0.161. The summed E-state index contributed by atoms with van der Waals surface area (Å²) < 4.78 is 60.9. The molecule has 0 heterocycles. The molecule has 95 heavy (non-hydrogen) atoms. The van der Waals surface area contributed by atoms with E-state index < -0.39 is 91.5 Å². The maximum absolute atomic E-state index is 12.9. The summed E-state index contributed by atoms with van der Waals surface area (Å²) in [5.41, 5.74) is 0. The predicted octanol–water partition coefficient (Wildman–Crippen LogP) is 21.7. The van der Waals surface area contributed by atoms with Crippen LogP contribution in [-0.2, 0) is 55.8 Å². The largest absolute Gasteiger partial charge is 0.472 e. The van der Waals surface area contributed by atoms with Gasteiger partial charge in [-0.15, -0.1) is 0 Å². The normalized spacial score (nSPS) is 14.6. The number of phosphoric acid groups is 2. The van der Waals surface area contributed by atoms with Crippen LogP contribution < -0.4 is 0 Å². The molecule has 0 aliphatic rings. The zero-order chi connectivity index (χ0) is 69.5. The Morgan fingerprint density at radius 2 is 0.579 bits per heavy atom. The summed E-state index contributed by atoms with van der Waals surface area (Å²) in [6.07, 6.45) is 78.2. The number of carbonyl (C=O) groups is 3. The smallest absolute Gasteiger partial charge is 0.463 e. The molecule has 0 radical (unpaired) electrons. The van der Waals surface area contributed by atoms with Crippen molar-refractivity contribution in [3.63, 3.8) is 0 Å². The third-order valence-electron chi connectivity index (χ3n) is 16.1. The molecule has 0 amide bonds. The highest BCUT2D eigenvalue weighted by Gasteiger charge is 2.29. The molecular formula is C77H138O16P2. The maximum Gasteiger partial charge on any atom is 0.472 e. The van der Waals surface area contributed by atoms with Gasteiger partial charge in [-0.1, -0.05) is 305 Å². The van der Waals surface area contributed by atoms with Gasteiger partial charge in [-0.2, -0.15) is 0 Å². The van der Waals surface area contributed by atoms with Crippen molar-refractivity contribution in [2.24, 2.45) is 0 Å². The lowest BCUT2D eigenvalue weighted by Gasteiger charge is -2.21. The Kier molecular flexibility index (Phi) is 68.2. The van der Waals surface area contributed by atoms with Crippen LogP contribution in [0, 0.1) is 0 Å². The monoisotopic (exact) mass is 1380 g/mol. The highest BCUT2D eigenvalue weighted by Crippen LogP contribution is 2.45. The van der Waals surface area contributed by atoms with Crippen molar-refractivity contribution in [1.29, 1.82) is 0 Å². The number of allylic oxidation sites excluding steroid dienone is 14. The van der Waals surface area contributed by atoms with Crippen molar-refractivity contribution >= 4 is 33.6 Å². The van der Waals surface area contributed by atoms with Gasteiger partial charge in [0.1, 0.15) is 25.4 Å². The molecule has 0 saturated heterocycles. The van der Waals surface area contributed by atoms with E-state index in [1.54, 1.807) is 0 Å². The summed E-state index contributed by atoms with van der Waals surface area (Å²) in [5, 5.41) is 20.6. The van der Waals surface area contributed by atoms with Crippen LogP contribution in [0.4, 0.5) is 0 Å². The Hall–Kier alpha value is -3.27. The van der Waals surface area contributed by atoms with E-state index in [0.29, 0.717) is 19.3 Å². The minimum Gasteiger partial charge on any atom is -0.463 e. The van der Waals surface area contributed by atoms with Gasteiger partial charge in [0.25, 0.3) is 0 Å². The van der Waals surface area contributed by atoms with Crippen LogP contribution in [0.5, 0.6) is 0 Å². The van der Waals surface area contributed by atoms with Crippen LogP contribution in [0.15, 0.2) is 85.1 Å². The second-order valence-corrected chi connectivity index (χ2v) is 28.3. The van der Waals surface area contributed by atoms with E-state index in [4.69, 9.17) is 32.3 Å². The molecule has 18 heteroatoms. The van der Waals surface area contributed by atoms with Crippen LogP contribution in [-0.4, -0.2) is 95.9 Å². The first-order chi connectivity index (χ1) is 46.2. The molecule has 552 valence electrons. The Morgan fingerprint density at radius 3 is 0.926 bits per heavy atom. The topological polar surface area (TPSA) is 231 Å². The van der Waals surface area contributed by atoms with Gasteiger partial charge in [0.2, 0.25) is 0 Å². The Morgan fingerprint density at radius 1 is 0.305 bits per heavy atom. The molecule has 0 aliphatic heterocycles. The van der Waals surface area contributed by atoms with Crippen molar-refractivity contribution in [1.82, 2.24) is 0 Å². The second kappa shape index (κ2) is 70.6. The van der Waals surface area contributed by atoms with Crippen molar-refractivity contribution in [3.8, 4) is 0 Å². The van der Waals surface area contributed by atoms with Gasteiger partial charge in [0, 0.05) is 19.3 Å². The number of phosphoric ester groups is 2. The standard InChI is InChI=1S/C77H138O16P2/c1-4-7-10-13-16-19-22-24-25-26-27-28-29-30-31-32-33-34-35-36-37-38-39-40-41-42-43-44-45-47-50-51-54-57-60-63-75(80)87-66-72(78)67-89-94(83,84)90-68-73(79)69-91-95(85,86)92-71-74(93-77(82)65-62-59-56-53-48-21-18-15-12-9-6-3)70-88-76(81)64-61-58-55-52-49-46-23-20-17-14-11-8-5-2/h7,10-11,14,16,19-20,23-25,27-28,30-31,72-74,78-79H,4-6,8-9,12-13,15,17-18,21-22,26,29,32-71H2,1-3H3,(H,83,84)(H,85,86)/b10-7-,14-11-,19-16-,23-20-,25-24-,28-27-,31-30-. The first kappa shape index (κ1) is 91.7. The lowest BCUT2D eigenvalue weighted by atomic mass is 10.0. The number of rotatable bonds is 72. The molecule has 0 spiro atoms. The fourth-order valence-electron chi connectivity index (χ4n) is 10.3. The van der Waals surface area contributed by atoms with Crippen LogP contribution in [0.25, 0.3) is 0 Å². The minimum absolute atomic E-state index is 0.106. The number of carbonyl (C=O) groups excluding carboxylic acids is 3. The molecular weight excluding hydrogens is 1240 g/mol. The van der Waals surface area contributed by atoms with E-state index in [0.717, 1.165) is 128 Å². The van der Waals surface area contributed by atoms with Crippen molar-refractivity contribution in [2.75, 3.05) is 39.6 Å². The number of aliphatic hydroxyl groups is 2. The molecule has 0 saturated carbocycles. The first-order valence-electron chi connectivity index (χ1n) is 37.9. The van der Waals surface area contributed by atoms with Crippen LogP contribution in [0.1, 0.15) is 329 Å². The average molecular weight is 1380 g/mol. The third kappa shape index (κ3) is 71.8. The maximum atomic E-state index is 12.9. The van der Waals surface area contributed by atoms with Crippen LogP contribution >= 0.6 is 15.6 Å². The fourth-order valence-corrected chi connectivity index (χ4v) is 11.9. The van der Waals surface area contributed by atoms with Gasteiger partial charge < -0.3 is 34.2 Å². The Balaban J connectivity index is 4.24. The highest BCUT2D eigenvalue weighted by molar-refractivity contribution is 7.47. The van der Waals surface area contributed by atoms with E-state index in [1.807, 2.05) is 0 Å².